The Balaban J connectivity index is 1.25. The minimum absolute atomic E-state index is 0.111. The molecule has 0 bridgehead atoms. The van der Waals surface area contributed by atoms with Crippen molar-refractivity contribution in [3.05, 3.63) is 23.9 Å². The first-order valence-corrected chi connectivity index (χ1v) is 9.91. The number of methoxy groups -OCH3 is 1. The Morgan fingerprint density at radius 1 is 1.37 bits per heavy atom. The molecule has 7 nitrogen and oxygen atoms in total. The van der Waals surface area contributed by atoms with Crippen molar-refractivity contribution in [2.24, 2.45) is 0 Å². The molecule has 3 fully saturated rings. The molecule has 148 valence electrons. The molecule has 4 rings (SSSR count). The first-order chi connectivity index (χ1) is 13.2. The fourth-order valence-electron chi connectivity index (χ4n) is 4.44. The molecule has 27 heavy (non-hydrogen) atoms. The highest BCUT2D eigenvalue weighted by atomic mass is 16.5. The van der Waals surface area contributed by atoms with Gasteiger partial charge in [-0.1, -0.05) is 6.07 Å². The second kappa shape index (κ2) is 8.12. The average Bonchev–Trinajstić information content (AvgIpc) is 3.20. The molecule has 0 aliphatic carbocycles. The number of aromatic nitrogens is 1. The van der Waals surface area contributed by atoms with Crippen molar-refractivity contribution in [1.82, 2.24) is 14.8 Å². The number of hydrogen-bond acceptors (Lipinski definition) is 6. The molecule has 3 aliphatic heterocycles. The normalized spacial score (nSPS) is 24.8. The lowest BCUT2D eigenvalue weighted by atomic mass is 9.84. The molecule has 1 aromatic rings. The van der Waals surface area contributed by atoms with Crippen LogP contribution in [0.15, 0.2) is 18.3 Å². The van der Waals surface area contributed by atoms with E-state index < -0.39 is 0 Å². The SMILES string of the molecule is COc1ncccc1CN1CC2(C[C@@H](OCC(=O)N3CCCC3)CCO2)C1. The lowest BCUT2D eigenvalue weighted by Gasteiger charge is -2.53. The van der Waals surface area contributed by atoms with Gasteiger partial charge < -0.3 is 19.1 Å². The van der Waals surface area contributed by atoms with E-state index in [1.54, 1.807) is 13.3 Å². The molecule has 0 aromatic carbocycles. The summed E-state index contributed by atoms with van der Waals surface area (Å²) in [6, 6.07) is 3.99. The number of likely N-dealkylation sites (tertiary alicyclic amines) is 2. The molecule has 0 saturated carbocycles. The highest BCUT2D eigenvalue weighted by Gasteiger charge is 2.47. The number of nitrogens with zero attached hydrogens (tertiary/aromatic N) is 3. The Hall–Kier alpha value is -1.70. The predicted molar refractivity (Wildman–Crippen MR) is 99.5 cm³/mol. The summed E-state index contributed by atoms with van der Waals surface area (Å²) in [5.74, 6) is 0.816. The Labute approximate surface area is 160 Å². The van der Waals surface area contributed by atoms with Gasteiger partial charge in [-0.05, 0) is 25.3 Å². The summed E-state index contributed by atoms with van der Waals surface area (Å²) in [6.45, 7) is 5.24. The Bertz CT molecular complexity index is 656. The maximum absolute atomic E-state index is 12.2. The van der Waals surface area contributed by atoms with Gasteiger partial charge in [0.05, 0.1) is 18.8 Å². The molecule has 3 saturated heterocycles. The van der Waals surface area contributed by atoms with E-state index in [-0.39, 0.29) is 24.2 Å². The molecule has 4 heterocycles. The van der Waals surface area contributed by atoms with Crippen LogP contribution in [-0.2, 0) is 20.8 Å². The van der Waals surface area contributed by atoms with Gasteiger partial charge in [-0.3, -0.25) is 9.69 Å². The first-order valence-electron chi connectivity index (χ1n) is 9.91. The molecule has 0 unspecified atom stereocenters. The summed E-state index contributed by atoms with van der Waals surface area (Å²) >= 11 is 0. The third-order valence-electron chi connectivity index (χ3n) is 5.81. The van der Waals surface area contributed by atoms with Crippen molar-refractivity contribution in [2.75, 3.05) is 46.5 Å². The zero-order chi connectivity index (χ0) is 18.7. The van der Waals surface area contributed by atoms with Gasteiger partial charge in [0.2, 0.25) is 11.8 Å². The summed E-state index contributed by atoms with van der Waals surface area (Å²) in [7, 11) is 1.65. The van der Waals surface area contributed by atoms with Crippen LogP contribution in [0.4, 0.5) is 0 Å². The van der Waals surface area contributed by atoms with Crippen LogP contribution in [-0.4, -0.2) is 78.9 Å². The highest BCUT2D eigenvalue weighted by Crippen LogP contribution is 2.36. The van der Waals surface area contributed by atoms with Crippen LogP contribution in [0.2, 0.25) is 0 Å². The van der Waals surface area contributed by atoms with Gasteiger partial charge in [-0.25, -0.2) is 4.98 Å². The van der Waals surface area contributed by atoms with Crippen molar-refractivity contribution >= 4 is 5.91 Å². The average molecular weight is 375 g/mol. The predicted octanol–water partition coefficient (Wildman–Crippen LogP) is 1.46. The van der Waals surface area contributed by atoms with E-state index in [4.69, 9.17) is 14.2 Å². The van der Waals surface area contributed by atoms with Gasteiger partial charge in [-0.2, -0.15) is 0 Å². The maximum atomic E-state index is 12.2. The van der Waals surface area contributed by atoms with Crippen LogP contribution in [0, 0.1) is 0 Å². The summed E-state index contributed by atoms with van der Waals surface area (Å²) in [5, 5.41) is 0. The second-order valence-corrected chi connectivity index (χ2v) is 7.86. The highest BCUT2D eigenvalue weighted by molar-refractivity contribution is 5.77. The van der Waals surface area contributed by atoms with Crippen LogP contribution >= 0.6 is 0 Å². The van der Waals surface area contributed by atoms with Crippen molar-refractivity contribution in [3.8, 4) is 5.88 Å². The van der Waals surface area contributed by atoms with Crippen LogP contribution in [0.3, 0.4) is 0 Å². The van der Waals surface area contributed by atoms with E-state index in [2.05, 4.69) is 16.0 Å². The molecule has 1 amide bonds. The molecule has 7 heteroatoms. The maximum Gasteiger partial charge on any atom is 0.248 e. The minimum Gasteiger partial charge on any atom is -0.481 e. The quantitative estimate of drug-likeness (QED) is 0.750. The molecule has 3 aliphatic rings. The van der Waals surface area contributed by atoms with Crippen molar-refractivity contribution in [3.63, 3.8) is 0 Å². The molecule has 1 aromatic heterocycles. The Kier molecular flexibility index (Phi) is 5.61. The topological polar surface area (TPSA) is 64.1 Å². The summed E-state index contributed by atoms with van der Waals surface area (Å²) in [4.78, 5) is 20.7. The van der Waals surface area contributed by atoms with E-state index >= 15 is 0 Å². The lowest BCUT2D eigenvalue weighted by molar-refractivity contribution is -0.200. The molecular weight excluding hydrogens is 346 g/mol. The Morgan fingerprint density at radius 3 is 2.96 bits per heavy atom. The fraction of sp³-hybridized carbons (Fsp3) is 0.700. The lowest BCUT2D eigenvalue weighted by Crippen LogP contribution is -2.65. The number of amides is 1. The summed E-state index contributed by atoms with van der Waals surface area (Å²) in [6.07, 6.45) is 5.82. The Morgan fingerprint density at radius 2 is 2.19 bits per heavy atom. The third-order valence-corrected chi connectivity index (χ3v) is 5.81. The zero-order valence-electron chi connectivity index (χ0n) is 16.1. The molecular formula is C20H29N3O4. The monoisotopic (exact) mass is 375 g/mol. The number of carbonyl (C=O) groups is 1. The third kappa shape index (κ3) is 4.25. The zero-order valence-corrected chi connectivity index (χ0v) is 16.1. The van der Waals surface area contributed by atoms with E-state index in [1.165, 1.54) is 0 Å². The van der Waals surface area contributed by atoms with Crippen molar-refractivity contribution in [2.45, 2.75) is 43.9 Å². The molecule has 0 radical (unpaired) electrons. The van der Waals surface area contributed by atoms with E-state index in [0.29, 0.717) is 12.5 Å². The van der Waals surface area contributed by atoms with Gasteiger partial charge in [0, 0.05) is 57.5 Å². The number of carbonyl (C=O) groups excluding carboxylic acids is 1. The number of ether oxygens (including phenoxy) is 3. The van der Waals surface area contributed by atoms with Gasteiger partial charge in [0.15, 0.2) is 0 Å². The summed E-state index contributed by atoms with van der Waals surface area (Å²) in [5.41, 5.74) is 0.962. The largest absolute Gasteiger partial charge is 0.481 e. The fourth-order valence-corrected chi connectivity index (χ4v) is 4.44. The van der Waals surface area contributed by atoms with E-state index in [1.807, 2.05) is 11.0 Å². The standard InChI is InChI=1S/C20H29N3O4/c1-25-19-16(5-4-7-21-19)12-22-14-20(15-22)11-17(6-10-27-20)26-13-18(24)23-8-2-3-9-23/h4-5,7,17H,2-3,6,8-15H2,1H3/t17-/m0/s1. The van der Waals surface area contributed by atoms with Gasteiger partial charge in [0.25, 0.3) is 0 Å². The second-order valence-electron chi connectivity index (χ2n) is 7.86. The number of hydrogen-bond donors (Lipinski definition) is 0. The minimum atomic E-state index is -0.130. The van der Waals surface area contributed by atoms with Crippen LogP contribution in [0.25, 0.3) is 0 Å². The smallest absolute Gasteiger partial charge is 0.248 e. The van der Waals surface area contributed by atoms with E-state index in [0.717, 1.165) is 64.0 Å². The van der Waals surface area contributed by atoms with Crippen molar-refractivity contribution in [1.29, 1.82) is 0 Å². The molecule has 1 atom stereocenters. The van der Waals surface area contributed by atoms with Gasteiger partial charge >= 0.3 is 0 Å². The molecule has 0 N–H and O–H groups in total. The van der Waals surface area contributed by atoms with Crippen molar-refractivity contribution < 1.29 is 19.0 Å². The van der Waals surface area contributed by atoms with Crippen LogP contribution in [0.5, 0.6) is 5.88 Å². The van der Waals surface area contributed by atoms with E-state index in [9.17, 15) is 4.79 Å². The van der Waals surface area contributed by atoms with Gasteiger partial charge in [-0.15, -0.1) is 0 Å². The number of rotatable bonds is 6. The molecule has 1 spiro atoms. The van der Waals surface area contributed by atoms with Crippen LogP contribution < -0.4 is 4.74 Å². The summed E-state index contributed by atoms with van der Waals surface area (Å²) < 4.78 is 17.4. The first kappa shape index (κ1) is 18.7. The van der Waals surface area contributed by atoms with Gasteiger partial charge in [0.1, 0.15) is 6.61 Å². The van der Waals surface area contributed by atoms with Crippen LogP contribution in [0.1, 0.15) is 31.2 Å². The number of pyridine rings is 1.